The molecule has 2 amide bonds. The van der Waals surface area contributed by atoms with Crippen molar-refractivity contribution >= 4 is 34.0 Å². The first-order chi connectivity index (χ1) is 10.4. The average Bonchev–Trinajstić information content (AvgIpc) is 2.48. The van der Waals surface area contributed by atoms with Gasteiger partial charge in [-0.15, -0.1) is 0 Å². The molecule has 0 fully saturated rings. The molecule has 0 aliphatic carbocycles. The Bertz CT molecular complexity index is 798. The Morgan fingerprint density at radius 2 is 1.77 bits per heavy atom. The number of imide groups is 1. The molecule has 1 aliphatic heterocycles. The highest BCUT2D eigenvalue weighted by atomic mass is 16.2. The van der Waals surface area contributed by atoms with Crippen molar-refractivity contribution in [2.75, 3.05) is 38.7 Å². The molecular formula is C16H18N4O2. The number of anilines is 2. The van der Waals surface area contributed by atoms with Crippen LogP contribution in [-0.2, 0) is 0 Å². The van der Waals surface area contributed by atoms with Gasteiger partial charge in [0.2, 0.25) is 0 Å². The number of nitrogens with two attached hydrogens (primary N) is 2. The number of hydrogen-bond donors (Lipinski definition) is 2. The molecule has 3 rings (SSSR count). The van der Waals surface area contributed by atoms with E-state index in [1.165, 1.54) is 4.90 Å². The van der Waals surface area contributed by atoms with Gasteiger partial charge in [0, 0.05) is 29.4 Å². The largest absolute Gasteiger partial charge is 0.397 e. The van der Waals surface area contributed by atoms with Gasteiger partial charge in [0.15, 0.2) is 0 Å². The zero-order valence-corrected chi connectivity index (χ0v) is 12.6. The second-order valence-corrected chi connectivity index (χ2v) is 5.72. The number of rotatable bonds is 3. The molecule has 0 bridgehead atoms. The van der Waals surface area contributed by atoms with Crippen LogP contribution < -0.4 is 11.5 Å². The quantitative estimate of drug-likeness (QED) is 0.655. The van der Waals surface area contributed by atoms with Crippen LogP contribution >= 0.6 is 0 Å². The molecule has 0 unspecified atom stereocenters. The lowest BCUT2D eigenvalue weighted by molar-refractivity contribution is 0.0601. The summed E-state index contributed by atoms with van der Waals surface area (Å²) in [5.74, 6) is -0.601. The highest BCUT2D eigenvalue weighted by molar-refractivity contribution is 6.27. The highest BCUT2D eigenvalue weighted by Crippen LogP contribution is 2.36. The van der Waals surface area contributed by atoms with Crippen molar-refractivity contribution in [2.24, 2.45) is 0 Å². The average molecular weight is 298 g/mol. The minimum atomic E-state index is -0.317. The second kappa shape index (κ2) is 4.99. The third kappa shape index (κ3) is 2.00. The summed E-state index contributed by atoms with van der Waals surface area (Å²) >= 11 is 0. The van der Waals surface area contributed by atoms with Crippen molar-refractivity contribution in [3.8, 4) is 0 Å². The first-order valence-electron chi connectivity index (χ1n) is 7.03. The summed E-state index contributed by atoms with van der Waals surface area (Å²) in [6.45, 7) is 0.942. The van der Waals surface area contributed by atoms with Gasteiger partial charge in [-0.05, 0) is 26.2 Å². The Hall–Kier alpha value is -2.60. The molecule has 0 aromatic heterocycles. The lowest BCUT2D eigenvalue weighted by Gasteiger charge is -2.28. The Kier molecular flexibility index (Phi) is 3.26. The van der Waals surface area contributed by atoms with Gasteiger partial charge in [-0.25, -0.2) is 0 Å². The summed E-state index contributed by atoms with van der Waals surface area (Å²) in [6, 6.07) is 6.83. The number of carbonyl (C=O) groups is 2. The topological polar surface area (TPSA) is 92.7 Å². The van der Waals surface area contributed by atoms with Crippen molar-refractivity contribution in [3.05, 3.63) is 35.4 Å². The van der Waals surface area contributed by atoms with E-state index < -0.39 is 0 Å². The fourth-order valence-corrected chi connectivity index (χ4v) is 2.76. The summed E-state index contributed by atoms with van der Waals surface area (Å²) in [7, 11) is 3.79. The summed E-state index contributed by atoms with van der Waals surface area (Å²) in [5.41, 5.74) is 13.6. The summed E-state index contributed by atoms with van der Waals surface area (Å²) in [4.78, 5) is 28.5. The van der Waals surface area contributed by atoms with Crippen molar-refractivity contribution in [1.29, 1.82) is 0 Å². The van der Waals surface area contributed by atoms with Gasteiger partial charge in [0.05, 0.1) is 16.9 Å². The van der Waals surface area contributed by atoms with E-state index in [0.29, 0.717) is 46.4 Å². The molecule has 22 heavy (non-hydrogen) atoms. The predicted octanol–water partition coefficient (Wildman–Crippen LogP) is 1.16. The van der Waals surface area contributed by atoms with Crippen LogP contribution in [0.4, 0.5) is 11.4 Å². The third-order valence-electron chi connectivity index (χ3n) is 3.96. The van der Waals surface area contributed by atoms with Crippen LogP contribution in [0.15, 0.2) is 24.3 Å². The maximum absolute atomic E-state index is 12.7. The van der Waals surface area contributed by atoms with Crippen molar-refractivity contribution < 1.29 is 9.59 Å². The molecule has 6 nitrogen and oxygen atoms in total. The molecule has 114 valence electrons. The number of nitrogen functional groups attached to an aromatic ring is 2. The predicted molar refractivity (Wildman–Crippen MR) is 86.7 cm³/mol. The van der Waals surface area contributed by atoms with E-state index >= 15 is 0 Å². The Morgan fingerprint density at radius 1 is 1.09 bits per heavy atom. The SMILES string of the molecule is CN(C)CCN1C(=O)c2cccc3c(N)c(N)cc(c23)C1=O. The fraction of sp³-hybridized carbons (Fsp3) is 0.250. The first kappa shape index (κ1) is 14.3. The lowest BCUT2D eigenvalue weighted by atomic mass is 9.92. The molecule has 2 aromatic carbocycles. The van der Waals surface area contributed by atoms with Gasteiger partial charge in [-0.3, -0.25) is 14.5 Å². The Balaban J connectivity index is 2.20. The minimum absolute atomic E-state index is 0.283. The van der Waals surface area contributed by atoms with Gasteiger partial charge >= 0.3 is 0 Å². The molecule has 1 heterocycles. The summed E-state index contributed by atoms with van der Waals surface area (Å²) in [5, 5.41) is 1.26. The van der Waals surface area contributed by atoms with Gasteiger partial charge in [-0.1, -0.05) is 12.1 Å². The summed E-state index contributed by atoms with van der Waals surface area (Å²) in [6.07, 6.45) is 0. The van der Waals surface area contributed by atoms with Crippen LogP contribution in [0.1, 0.15) is 20.7 Å². The standard InChI is InChI=1S/C16H18N4O2/c1-19(2)6-7-20-15(21)10-5-3-4-9-13(10)11(16(20)22)8-12(17)14(9)18/h3-5,8H,6-7,17-18H2,1-2H3. The van der Waals surface area contributed by atoms with Crippen LogP contribution in [0.2, 0.25) is 0 Å². The number of carbonyl (C=O) groups excluding carboxylic acids is 2. The number of likely N-dealkylation sites (N-methyl/N-ethyl adjacent to an activating group) is 1. The molecular weight excluding hydrogens is 280 g/mol. The maximum atomic E-state index is 12.7. The zero-order valence-electron chi connectivity index (χ0n) is 12.6. The molecule has 6 heteroatoms. The van der Waals surface area contributed by atoms with Crippen LogP contribution in [0.5, 0.6) is 0 Å². The minimum Gasteiger partial charge on any atom is -0.397 e. The van der Waals surface area contributed by atoms with E-state index in [0.717, 1.165) is 0 Å². The molecule has 0 radical (unpaired) electrons. The van der Waals surface area contributed by atoms with E-state index in [4.69, 9.17) is 11.5 Å². The zero-order chi connectivity index (χ0) is 16.0. The molecule has 0 atom stereocenters. The fourth-order valence-electron chi connectivity index (χ4n) is 2.76. The van der Waals surface area contributed by atoms with E-state index in [1.54, 1.807) is 24.3 Å². The highest BCUT2D eigenvalue weighted by Gasteiger charge is 2.33. The molecule has 2 aromatic rings. The smallest absolute Gasteiger partial charge is 0.261 e. The summed E-state index contributed by atoms with van der Waals surface area (Å²) < 4.78 is 0. The molecule has 0 spiro atoms. The normalized spacial score (nSPS) is 14.2. The first-order valence-corrected chi connectivity index (χ1v) is 7.03. The van der Waals surface area contributed by atoms with Gasteiger partial charge in [0.25, 0.3) is 11.8 Å². The molecule has 0 saturated carbocycles. The van der Waals surface area contributed by atoms with Crippen LogP contribution in [0.25, 0.3) is 10.8 Å². The number of benzene rings is 2. The molecule has 4 N–H and O–H groups in total. The molecule has 1 aliphatic rings. The third-order valence-corrected chi connectivity index (χ3v) is 3.96. The van der Waals surface area contributed by atoms with Crippen molar-refractivity contribution in [1.82, 2.24) is 9.80 Å². The van der Waals surface area contributed by atoms with E-state index in [2.05, 4.69) is 0 Å². The van der Waals surface area contributed by atoms with E-state index in [1.807, 2.05) is 19.0 Å². The van der Waals surface area contributed by atoms with E-state index in [-0.39, 0.29) is 11.8 Å². The van der Waals surface area contributed by atoms with Crippen LogP contribution in [0, 0.1) is 0 Å². The van der Waals surface area contributed by atoms with Crippen molar-refractivity contribution in [3.63, 3.8) is 0 Å². The molecule has 0 saturated heterocycles. The maximum Gasteiger partial charge on any atom is 0.261 e. The lowest BCUT2D eigenvalue weighted by Crippen LogP contribution is -2.43. The number of nitrogens with zero attached hydrogens (tertiary/aromatic N) is 2. The Labute approximate surface area is 128 Å². The Morgan fingerprint density at radius 3 is 2.45 bits per heavy atom. The van der Waals surface area contributed by atoms with Crippen LogP contribution in [-0.4, -0.2) is 48.8 Å². The van der Waals surface area contributed by atoms with Crippen molar-refractivity contribution in [2.45, 2.75) is 0 Å². The monoisotopic (exact) mass is 298 g/mol. The van der Waals surface area contributed by atoms with E-state index in [9.17, 15) is 9.59 Å². The second-order valence-electron chi connectivity index (χ2n) is 5.72. The van der Waals surface area contributed by atoms with Gasteiger partial charge in [0.1, 0.15) is 0 Å². The van der Waals surface area contributed by atoms with Gasteiger partial charge in [-0.2, -0.15) is 0 Å². The van der Waals surface area contributed by atoms with Gasteiger partial charge < -0.3 is 16.4 Å². The number of amides is 2. The van der Waals surface area contributed by atoms with Crippen LogP contribution in [0.3, 0.4) is 0 Å². The number of hydrogen-bond acceptors (Lipinski definition) is 5.